The van der Waals surface area contributed by atoms with E-state index >= 15 is 0 Å². The first-order valence-corrected chi connectivity index (χ1v) is 11.4. The summed E-state index contributed by atoms with van der Waals surface area (Å²) in [6.45, 7) is 2.32. The molecule has 6 nitrogen and oxygen atoms in total. The summed E-state index contributed by atoms with van der Waals surface area (Å²) in [5, 5.41) is 9.71. The zero-order valence-corrected chi connectivity index (χ0v) is 18.4. The van der Waals surface area contributed by atoms with Crippen LogP contribution < -0.4 is 10.2 Å². The number of fused-ring (bicyclic) bond motifs is 1. The Labute approximate surface area is 190 Å². The van der Waals surface area contributed by atoms with Crippen molar-refractivity contribution in [3.8, 4) is 16.3 Å². The second-order valence-electron chi connectivity index (χ2n) is 7.72. The number of para-hydroxylation sites is 1. The van der Waals surface area contributed by atoms with E-state index in [1.807, 2.05) is 66.0 Å². The minimum atomic E-state index is -0.213. The molecule has 5 rings (SSSR count). The summed E-state index contributed by atoms with van der Waals surface area (Å²) < 4.78 is 1.74. The van der Waals surface area contributed by atoms with Crippen molar-refractivity contribution in [3.05, 3.63) is 83.4 Å². The number of nitrogens with one attached hydrogen (secondary N) is 1. The van der Waals surface area contributed by atoms with Crippen molar-refractivity contribution in [2.75, 3.05) is 16.8 Å². The fourth-order valence-corrected chi connectivity index (χ4v) is 4.77. The number of aromatic nitrogens is 2. The summed E-state index contributed by atoms with van der Waals surface area (Å²) in [5.74, 6) is -0.175. The third-order valence-electron chi connectivity index (χ3n) is 5.57. The molecule has 4 aromatic rings. The molecule has 0 fully saturated rings. The lowest BCUT2D eigenvalue weighted by molar-refractivity contribution is -0.116. The first-order valence-electron chi connectivity index (χ1n) is 10.5. The third-order valence-corrected chi connectivity index (χ3v) is 6.45. The van der Waals surface area contributed by atoms with Crippen molar-refractivity contribution >= 4 is 34.5 Å². The molecule has 1 aliphatic rings. The minimum absolute atomic E-state index is 0.0386. The number of rotatable bonds is 4. The number of nitrogens with zero attached hydrogens (tertiary/aromatic N) is 3. The predicted octanol–water partition coefficient (Wildman–Crippen LogP) is 5.15. The van der Waals surface area contributed by atoms with Gasteiger partial charge >= 0.3 is 0 Å². The molecule has 0 bridgehead atoms. The number of benzene rings is 2. The quantitative estimate of drug-likeness (QED) is 0.475. The van der Waals surface area contributed by atoms with Gasteiger partial charge in [0.05, 0.1) is 16.1 Å². The number of thiophene rings is 1. The van der Waals surface area contributed by atoms with E-state index < -0.39 is 0 Å². The average Bonchev–Trinajstić information content (AvgIpc) is 3.49. The standard InChI is InChI=1S/C25H22N4O2S/c1-17(30)28-13-5-7-18-15-19(11-12-22(18)28)26-25(31)21-16-29(20-8-3-2-4-9-20)27-24(21)23-10-6-14-32-23/h2-4,6,8-12,14-16H,5,7,13H2,1H3,(H,26,31). The van der Waals surface area contributed by atoms with Gasteiger partial charge in [-0.2, -0.15) is 5.10 Å². The summed E-state index contributed by atoms with van der Waals surface area (Å²) in [7, 11) is 0. The largest absolute Gasteiger partial charge is 0.322 e. The van der Waals surface area contributed by atoms with Gasteiger partial charge in [-0.1, -0.05) is 24.3 Å². The van der Waals surface area contributed by atoms with Gasteiger partial charge in [-0.15, -0.1) is 11.3 Å². The maximum absolute atomic E-state index is 13.3. The van der Waals surface area contributed by atoms with Gasteiger partial charge < -0.3 is 10.2 Å². The van der Waals surface area contributed by atoms with E-state index in [2.05, 4.69) is 5.32 Å². The number of hydrogen-bond acceptors (Lipinski definition) is 4. The highest BCUT2D eigenvalue weighted by Gasteiger charge is 2.22. The average molecular weight is 443 g/mol. The molecule has 1 aliphatic heterocycles. The van der Waals surface area contributed by atoms with Gasteiger partial charge in [-0.05, 0) is 60.2 Å². The van der Waals surface area contributed by atoms with Crippen LogP contribution in [0.5, 0.6) is 0 Å². The van der Waals surface area contributed by atoms with E-state index in [9.17, 15) is 9.59 Å². The molecule has 2 aromatic carbocycles. The lowest BCUT2D eigenvalue weighted by Crippen LogP contribution is -2.33. The Morgan fingerprint density at radius 2 is 1.91 bits per heavy atom. The van der Waals surface area contributed by atoms with E-state index in [-0.39, 0.29) is 11.8 Å². The van der Waals surface area contributed by atoms with Crippen LogP contribution in [0.4, 0.5) is 11.4 Å². The van der Waals surface area contributed by atoms with Crippen molar-refractivity contribution < 1.29 is 9.59 Å². The Hall–Kier alpha value is -3.71. The minimum Gasteiger partial charge on any atom is -0.322 e. The monoisotopic (exact) mass is 442 g/mol. The fraction of sp³-hybridized carbons (Fsp3) is 0.160. The molecule has 0 radical (unpaired) electrons. The SMILES string of the molecule is CC(=O)N1CCCc2cc(NC(=O)c3cn(-c4ccccc4)nc3-c3cccs3)ccc21. The van der Waals surface area contributed by atoms with Crippen molar-refractivity contribution in [1.82, 2.24) is 9.78 Å². The molecule has 0 spiro atoms. The molecule has 2 aromatic heterocycles. The highest BCUT2D eigenvalue weighted by Crippen LogP contribution is 2.31. The van der Waals surface area contributed by atoms with E-state index in [0.29, 0.717) is 16.9 Å². The van der Waals surface area contributed by atoms with Gasteiger partial charge in [0.15, 0.2) is 0 Å². The van der Waals surface area contributed by atoms with Gasteiger partial charge in [0.1, 0.15) is 5.69 Å². The molecule has 160 valence electrons. The van der Waals surface area contributed by atoms with E-state index in [4.69, 9.17) is 5.10 Å². The maximum Gasteiger partial charge on any atom is 0.259 e. The van der Waals surface area contributed by atoms with Crippen molar-refractivity contribution in [2.45, 2.75) is 19.8 Å². The Kier molecular flexibility index (Phi) is 5.33. The van der Waals surface area contributed by atoms with E-state index in [0.717, 1.165) is 41.2 Å². The normalized spacial score (nSPS) is 13.0. The van der Waals surface area contributed by atoms with E-state index in [1.165, 1.54) is 0 Å². The Morgan fingerprint density at radius 1 is 1.06 bits per heavy atom. The predicted molar refractivity (Wildman–Crippen MR) is 128 cm³/mol. The smallest absolute Gasteiger partial charge is 0.259 e. The molecule has 7 heteroatoms. The van der Waals surface area contributed by atoms with Crippen LogP contribution in [0.15, 0.2) is 72.2 Å². The molecule has 0 aliphatic carbocycles. The van der Waals surface area contributed by atoms with E-state index in [1.54, 1.807) is 34.0 Å². The lowest BCUT2D eigenvalue weighted by atomic mass is 10.0. The van der Waals surface area contributed by atoms with Gasteiger partial charge in [-0.25, -0.2) is 4.68 Å². The Bertz CT molecular complexity index is 1280. The molecule has 3 heterocycles. The molecule has 0 unspecified atom stereocenters. The summed E-state index contributed by atoms with van der Waals surface area (Å²) in [6, 6.07) is 19.4. The second kappa shape index (κ2) is 8.43. The first-order chi connectivity index (χ1) is 15.6. The number of hydrogen-bond donors (Lipinski definition) is 1. The molecule has 32 heavy (non-hydrogen) atoms. The molecule has 1 N–H and O–H groups in total. The zero-order chi connectivity index (χ0) is 22.1. The Balaban J connectivity index is 1.47. The summed E-state index contributed by atoms with van der Waals surface area (Å²) in [4.78, 5) is 27.9. The van der Waals surface area contributed by atoms with Crippen LogP contribution in [-0.2, 0) is 11.2 Å². The van der Waals surface area contributed by atoms with Crippen LogP contribution in [0.2, 0.25) is 0 Å². The van der Waals surface area contributed by atoms with Gasteiger partial charge in [0, 0.05) is 31.0 Å². The molecule has 2 amide bonds. The number of carbonyl (C=O) groups is 2. The van der Waals surface area contributed by atoms with Crippen LogP contribution in [0.3, 0.4) is 0 Å². The summed E-state index contributed by atoms with van der Waals surface area (Å²) in [5.41, 5.74) is 4.77. The molecule has 0 saturated heterocycles. The highest BCUT2D eigenvalue weighted by molar-refractivity contribution is 7.13. The fourth-order valence-electron chi connectivity index (χ4n) is 4.05. The number of anilines is 2. The molecular weight excluding hydrogens is 420 g/mol. The van der Waals surface area contributed by atoms with Gasteiger partial charge in [-0.3, -0.25) is 9.59 Å². The summed E-state index contributed by atoms with van der Waals surface area (Å²) in [6.07, 6.45) is 3.57. The van der Waals surface area contributed by atoms with Crippen LogP contribution in [0.1, 0.15) is 29.3 Å². The maximum atomic E-state index is 13.3. The van der Waals surface area contributed by atoms with Crippen molar-refractivity contribution in [3.63, 3.8) is 0 Å². The van der Waals surface area contributed by atoms with Crippen molar-refractivity contribution in [1.29, 1.82) is 0 Å². The topological polar surface area (TPSA) is 67.2 Å². The van der Waals surface area contributed by atoms with Crippen LogP contribution in [0, 0.1) is 0 Å². The number of carbonyl (C=O) groups excluding carboxylic acids is 2. The van der Waals surface area contributed by atoms with Crippen LogP contribution >= 0.6 is 11.3 Å². The van der Waals surface area contributed by atoms with Crippen LogP contribution in [-0.4, -0.2) is 28.1 Å². The number of amides is 2. The second-order valence-corrected chi connectivity index (χ2v) is 8.67. The number of aryl methyl sites for hydroxylation is 1. The molecule has 0 saturated carbocycles. The molecule has 0 atom stereocenters. The van der Waals surface area contributed by atoms with Gasteiger partial charge in [0.25, 0.3) is 5.91 Å². The summed E-state index contributed by atoms with van der Waals surface area (Å²) >= 11 is 1.55. The van der Waals surface area contributed by atoms with Gasteiger partial charge in [0.2, 0.25) is 5.91 Å². The molecular formula is C25H22N4O2S. The van der Waals surface area contributed by atoms with Crippen LogP contribution in [0.25, 0.3) is 16.3 Å². The Morgan fingerprint density at radius 3 is 2.66 bits per heavy atom. The zero-order valence-electron chi connectivity index (χ0n) is 17.6. The third kappa shape index (κ3) is 3.83. The first kappa shape index (κ1) is 20.2. The highest BCUT2D eigenvalue weighted by atomic mass is 32.1. The lowest BCUT2D eigenvalue weighted by Gasteiger charge is -2.29. The van der Waals surface area contributed by atoms with Crippen molar-refractivity contribution in [2.24, 2.45) is 0 Å².